The van der Waals surface area contributed by atoms with Crippen molar-refractivity contribution in [2.45, 2.75) is 30.3 Å². The second-order valence-electron chi connectivity index (χ2n) is 5.96. The summed E-state index contributed by atoms with van der Waals surface area (Å²) in [6.45, 7) is 0. The molecule has 0 radical (unpaired) electrons. The number of aromatic nitrogens is 3. The van der Waals surface area contributed by atoms with E-state index in [0.29, 0.717) is 5.92 Å². The smallest absolute Gasteiger partial charge is 0.273 e. The highest BCUT2D eigenvalue weighted by atomic mass is 32.2. The molecule has 3 saturated carbocycles. The van der Waals surface area contributed by atoms with Gasteiger partial charge in [0.2, 0.25) is 0 Å². The molecule has 98 valence electrons. The summed E-state index contributed by atoms with van der Waals surface area (Å²) in [5.74, 6) is 4.34. The van der Waals surface area contributed by atoms with E-state index in [1.165, 1.54) is 19.3 Å². The van der Waals surface area contributed by atoms with E-state index in [1.54, 1.807) is 11.6 Å². The third-order valence-electron chi connectivity index (χ3n) is 5.16. The number of primary sulfonamides is 1. The van der Waals surface area contributed by atoms with Crippen LogP contribution >= 0.6 is 0 Å². The second-order valence-corrected chi connectivity index (χ2v) is 7.41. The molecule has 6 nitrogen and oxygen atoms in total. The van der Waals surface area contributed by atoms with E-state index in [9.17, 15) is 8.42 Å². The van der Waals surface area contributed by atoms with Crippen molar-refractivity contribution in [2.75, 3.05) is 0 Å². The van der Waals surface area contributed by atoms with Gasteiger partial charge in [-0.3, -0.25) is 0 Å². The molecule has 7 heteroatoms. The van der Waals surface area contributed by atoms with Gasteiger partial charge in [-0.2, -0.15) is 0 Å². The van der Waals surface area contributed by atoms with E-state index >= 15 is 0 Å². The zero-order valence-electron chi connectivity index (χ0n) is 10.2. The van der Waals surface area contributed by atoms with Crippen LogP contribution in [-0.2, 0) is 17.1 Å². The predicted octanol–water partition coefficient (Wildman–Crippen LogP) is 0.222. The van der Waals surface area contributed by atoms with E-state index in [-0.39, 0.29) is 5.16 Å². The lowest BCUT2D eigenvalue weighted by Crippen LogP contribution is -2.18. The molecule has 3 aliphatic carbocycles. The average molecular weight is 268 g/mol. The Kier molecular flexibility index (Phi) is 1.90. The second kappa shape index (κ2) is 3.14. The van der Waals surface area contributed by atoms with Crippen molar-refractivity contribution in [2.24, 2.45) is 35.9 Å². The molecule has 2 N–H and O–H groups in total. The molecule has 2 bridgehead atoms. The van der Waals surface area contributed by atoms with Gasteiger partial charge in [0.15, 0.2) is 0 Å². The molecule has 4 unspecified atom stereocenters. The molecule has 0 aromatic carbocycles. The molecular formula is C11H16N4O2S. The SMILES string of the molecule is Cn1c(C2C3C4CCC(C4)C23)nnc1S(N)(=O)=O. The Balaban J connectivity index is 1.71. The minimum absolute atomic E-state index is 0.116. The normalized spacial score (nSPS) is 41.1. The maximum absolute atomic E-state index is 11.4. The Morgan fingerprint density at radius 3 is 2.33 bits per heavy atom. The Morgan fingerprint density at radius 2 is 1.83 bits per heavy atom. The van der Waals surface area contributed by atoms with Crippen LogP contribution in [0.2, 0.25) is 0 Å². The van der Waals surface area contributed by atoms with Gasteiger partial charge in [0, 0.05) is 13.0 Å². The number of nitrogens with zero attached hydrogens (tertiary/aromatic N) is 3. The highest BCUT2D eigenvalue weighted by molar-refractivity contribution is 7.89. The quantitative estimate of drug-likeness (QED) is 0.830. The van der Waals surface area contributed by atoms with Gasteiger partial charge in [-0.1, -0.05) is 0 Å². The lowest BCUT2D eigenvalue weighted by Gasteiger charge is -2.08. The van der Waals surface area contributed by atoms with Crippen molar-refractivity contribution in [3.05, 3.63) is 5.82 Å². The molecule has 0 amide bonds. The molecular weight excluding hydrogens is 252 g/mol. The number of rotatable bonds is 2. The van der Waals surface area contributed by atoms with Gasteiger partial charge in [0.25, 0.3) is 15.2 Å². The molecule has 1 aromatic heterocycles. The van der Waals surface area contributed by atoms with E-state index in [0.717, 1.165) is 29.5 Å². The summed E-state index contributed by atoms with van der Waals surface area (Å²) in [6.07, 6.45) is 4.04. The van der Waals surface area contributed by atoms with Crippen LogP contribution < -0.4 is 5.14 Å². The van der Waals surface area contributed by atoms with Crippen LogP contribution in [0.5, 0.6) is 0 Å². The van der Waals surface area contributed by atoms with Gasteiger partial charge in [-0.15, -0.1) is 10.2 Å². The Morgan fingerprint density at radius 1 is 1.22 bits per heavy atom. The summed E-state index contributed by atoms with van der Waals surface area (Å²) in [4.78, 5) is 0. The molecule has 0 aliphatic heterocycles. The van der Waals surface area contributed by atoms with Crippen molar-refractivity contribution >= 4 is 10.0 Å². The molecule has 3 aliphatic rings. The number of sulfonamides is 1. The van der Waals surface area contributed by atoms with E-state index in [2.05, 4.69) is 10.2 Å². The first-order valence-electron chi connectivity index (χ1n) is 6.40. The van der Waals surface area contributed by atoms with Crippen LogP contribution in [0.25, 0.3) is 0 Å². The van der Waals surface area contributed by atoms with Crippen LogP contribution in [0.15, 0.2) is 5.16 Å². The summed E-state index contributed by atoms with van der Waals surface area (Å²) in [7, 11) is -2.06. The summed E-state index contributed by atoms with van der Waals surface area (Å²) in [6, 6.07) is 0. The fraction of sp³-hybridized carbons (Fsp3) is 0.818. The Hall–Kier alpha value is -0.950. The molecule has 18 heavy (non-hydrogen) atoms. The number of fused-ring (bicyclic) bond motifs is 5. The highest BCUT2D eigenvalue weighted by Gasteiger charge is 2.66. The summed E-state index contributed by atoms with van der Waals surface area (Å²) < 4.78 is 24.3. The minimum Gasteiger partial charge on any atom is -0.304 e. The van der Waals surface area contributed by atoms with Crippen LogP contribution in [0.3, 0.4) is 0 Å². The molecule has 4 atom stereocenters. The first-order chi connectivity index (χ1) is 8.48. The van der Waals surface area contributed by atoms with Crippen LogP contribution in [0.4, 0.5) is 0 Å². The lowest BCUT2D eigenvalue weighted by molar-refractivity contribution is 0.456. The zero-order chi connectivity index (χ0) is 12.7. The molecule has 3 fully saturated rings. The van der Waals surface area contributed by atoms with Gasteiger partial charge in [-0.05, 0) is 42.9 Å². The van der Waals surface area contributed by atoms with Gasteiger partial charge in [0.1, 0.15) is 5.82 Å². The standard InChI is InChI=1S/C11H16N4O2S/c1-15-10(13-14-11(15)18(12,16)17)9-7-5-2-3-6(4-5)8(7)9/h5-9H,2-4H2,1H3,(H2,12,16,17). The first-order valence-corrected chi connectivity index (χ1v) is 7.95. The molecule has 4 rings (SSSR count). The van der Waals surface area contributed by atoms with Crippen molar-refractivity contribution < 1.29 is 8.42 Å². The predicted molar refractivity (Wildman–Crippen MR) is 62.9 cm³/mol. The van der Waals surface area contributed by atoms with Crippen LogP contribution in [0, 0.1) is 23.7 Å². The van der Waals surface area contributed by atoms with Crippen molar-refractivity contribution in [1.82, 2.24) is 14.8 Å². The van der Waals surface area contributed by atoms with Crippen LogP contribution in [0.1, 0.15) is 31.0 Å². The first kappa shape index (κ1) is 10.9. The van der Waals surface area contributed by atoms with E-state index in [4.69, 9.17) is 5.14 Å². The minimum atomic E-state index is -3.76. The van der Waals surface area contributed by atoms with Gasteiger partial charge in [-0.25, -0.2) is 13.6 Å². The summed E-state index contributed by atoms with van der Waals surface area (Å²) in [5.41, 5.74) is 0. The molecule has 0 spiro atoms. The Labute approximate surface area is 106 Å². The summed E-state index contributed by atoms with van der Waals surface area (Å²) in [5, 5.41) is 12.8. The van der Waals surface area contributed by atoms with Crippen molar-refractivity contribution in [3.8, 4) is 0 Å². The maximum atomic E-state index is 11.4. The Bertz CT molecular complexity index is 607. The third kappa shape index (κ3) is 1.23. The maximum Gasteiger partial charge on any atom is 0.273 e. The third-order valence-corrected chi connectivity index (χ3v) is 6.02. The zero-order valence-corrected chi connectivity index (χ0v) is 11.0. The molecule has 1 aromatic rings. The van der Waals surface area contributed by atoms with Gasteiger partial charge >= 0.3 is 0 Å². The monoisotopic (exact) mass is 268 g/mol. The topological polar surface area (TPSA) is 90.9 Å². The number of hydrogen-bond acceptors (Lipinski definition) is 4. The van der Waals surface area contributed by atoms with E-state index in [1.807, 2.05) is 0 Å². The van der Waals surface area contributed by atoms with Crippen molar-refractivity contribution in [1.29, 1.82) is 0 Å². The largest absolute Gasteiger partial charge is 0.304 e. The average Bonchev–Trinajstić information content (AvgIpc) is 2.67. The van der Waals surface area contributed by atoms with Crippen molar-refractivity contribution in [3.63, 3.8) is 0 Å². The van der Waals surface area contributed by atoms with Gasteiger partial charge in [0.05, 0.1) is 0 Å². The molecule has 0 saturated heterocycles. The fourth-order valence-corrected chi connectivity index (χ4v) is 5.16. The lowest BCUT2D eigenvalue weighted by atomic mass is 10.0. The number of hydrogen-bond donors (Lipinski definition) is 1. The number of nitrogens with two attached hydrogens (primary N) is 1. The van der Waals surface area contributed by atoms with Crippen LogP contribution in [-0.4, -0.2) is 23.2 Å². The highest BCUT2D eigenvalue weighted by Crippen LogP contribution is 2.72. The summed E-state index contributed by atoms with van der Waals surface area (Å²) >= 11 is 0. The van der Waals surface area contributed by atoms with Gasteiger partial charge < -0.3 is 4.57 Å². The van der Waals surface area contributed by atoms with E-state index < -0.39 is 10.0 Å². The molecule has 1 heterocycles. The fourth-order valence-electron chi connectivity index (χ4n) is 4.53.